The molecule has 1 heterocycles. The second-order valence-electron chi connectivity index (χ2n) is 6.65. The zero-order valence-corrected chi connectivity index (χ0v) is 14.0. The number of nitrogens with zero attached hydrogens (tertiary/aromatic N) is 1. The molecule has 0 spiro atoms. The number of Topliss-reactive ketones (excluding diaryl/α,β-unsaturated/α-hetero) is 1. The van der Waals surface area contributed by atoms with Crippen molar-refractivity contribution in [2.24, 2.45) is 0 Å². The molecule has 1 atom stereocenters. The number of amides is 1. The second kappa shape index (κ2) is 6.48. The highest BCUT2D eigenvalue weighted by molar-refractivity contribution is 6.07. The summed E-state index contributed by atoms with van der Waals surface area (Å²) >= 11 is 0. The maximum absolute atomic E-state index is 13.3. The van der Waals surface area contributed by atoms with Crippen molar-refractivity contribution in [1.29, 1.82) is 0 Å². The van der Waals surface area contributed by atoms with E-state index in [1.807, 2.05) is 0 Å². The van der Waals surface area contributed by atoms with E-state index < -0.39 is 0 Å². The molecular weight excluding hydrogens is 336 g/mol. The van der Waals surface area contributed by atoms with Crippen LogP contribution in [0.15, 0.2) is 59.8 Å². The molecule has 0 fully saturated rings. The van der Waals surface area contributed by atoms with Crippen LogP contribution in [0, 0.1) is 11.6 Å². The van der Waals surface area contributed by atoms with Gasteiger partial charge in [-0.25, -0.2) is 8.78 Å². The van der Waals surface area contributed by atoms with E-state index in [1.165, 1.54) is 24.3 Å². The molecule has 0 saturated heterocycles. The van der Waals surface area contributed by atoms with E-state index in [1.54, 1.807) is 29.2 Å². The molecule has 1 aliphatic heterocycles. The number of allylic oxidation sites excluding steroid dienone is 2. The number of ketones is 1. The largest absolute Gasteiger partial charge is 0.294 e. The van der Waals surface area contributed by atoms with E-state index in [4.69, 9.17) is 0 Å². The highest BCUT2D eigenvalue weighted by atomic mass is 19.1. The Kier molecular flexibility index (Phi) is 4.15. The lowest BCUT2D eigenvalue weighted by Gasteiger charge is -2.38. The van der Waals surface area contributed by atoms with Crippen molar-refractivity contribution in [3.05, 3.63) is 77.0 Å². The first-order chi connectivity index (χ1) is 12.5. The highest BCUT2D eigenvalue weighted by Gasteiger charge is 2.39. The number of carbonyl (C=O) groups excluding carboxylic acids is 2. The highest BCUT2D eigenvalue weighted by Crippen LogP contribution is 2.43. The van der Waals surface area contributed by atoms with Gasteiger partial charge < -0.3 is 0 Å². The second-order valence-corrected chi connectivity index (χ2v) is 6.65. The number of hydrogen-bond donors (Lipinski definition) is 0. The van der Waals surface area contributed by atoms with Gasteiger partial charge in [0, 0.05) is 35.7 Å². The van der Waals surface area contributed by atoms with Crippen molar-refractivity contribution in [3.8, 4) is 0 Å². The number of hydrogen-bond acceptors (Lipinski definition) is 2. The van der Waals surface area contributed by atoms with Crippen LogP contribution >= 0.6 is 0 Å². The van der Waals surface area contributed by atoms with E-state index in [0.29, 0.717) is 36.2 Å². The lowest BCUT2D eigenvalue weighted by atomic mass is 9.77. The van der Waals surface area contributed by atoms with Gasteiger partial charge in [-0.3, -0.25) is 14.5 Å². The van der Waals surface area contributed by atoms with Gasteiger partial charge in [0.25, 0.3) is 0 Å². The van der Waals surface area contributed by atoms with Gasteiger partial charge in [-0.1, -0.05) is 12.1 Å². The van der Waals surface area contributed by atoms with Crippen LogP contribution in [0.1, 0.15) is 37.2 Å². The van der Waals surface area contributed by atoms with Crippen LogP contribution in [0.4, 0.5) is 14.5 Å². The van der Waals surface area contributed by atoms with Gasteiger partial charge in [0.2, 0.25) is 5.91 Å². The van der Waals surface area contributed by atoms with E-state index in [2.05, 4.69) is 0 Å². The smallest absolute Gasteiger partial charge is 0.232 e. The quantitative estimate of drug-likeness (QED) is 0.798. The third kappa shape index (κ3) is 2.83. The number of anilines is 1. The fraction of sp³-hybridized carbons (Fsp3) is 0.238. The predicted molar refractivity (Wildman–Crippen MR) is 93.5 cm³/mol. The van der Waals surface area contributed by atoms with Crippen LogP contribution in [0.3, 0.4) is 0 Å². The van der Waals surface area contributed by atoms with E-state index >= 15 is 0 Å². The van der Waals surface area contributed by atoms with Crippen LogP contribution < -0.4 is 4.90 Å². The van der Waals surface area contributed by atoms with Crippen LogP contribution in [0.5, 0.6) is 0 Å². The van der Waals surface area contributed by atoms with Crippen molar-refractivity contribution in [3.63, 3.8) is 0 Å². The summed E-state index contributed by atoms with van der Waals surface area (Å²) in [6.45, 7) is 0. The summed E-state index contributed by atoms with van der Waals surface area (Å²) in [7, 11) is 0. The Hall–Kier alpha value is -2.82. The van der Waals surface area contributed by atoms with Gasteiger partial charge in [-0.05, 0) is 54.8 Å². The fourth-order valence-corrected chi connectivity index (χ4v) is 3.86. The molecule has 0 aromatic heterocycles. The Morgan fingerprint density at radius 2 is 1.46 bits per heavy atom. The van der Waals surface area contributed by atoms with E-state index in [0.717, 1.165) is 5.56 Å². The van der Waals surface area contributed by atoms with E-state index in [-0.39, 0.29) is 35.7 Å². The van der Waals surface area contributed by atoms with Crippen molar-refractivity contribution in [2.45, 2.75) is 31.6 Å². The summed E-state index contributed by atoms with van der Waals surface area (Å²) in [5.74, 6) is -1.20. The molecule has 26 heavy (non-hydrogen) atoms. The number of rotatable bonds is 2. The molecule has 4 rings (SSSR count). The molecular formula is C21H17F2NO2. The Balaban J connectivity index is 1.84. The lowest BCUT2D eigenvalue weighted by Crippen LogP contribution is -2.40. The molecule has 2 aromatic rings. The minimum atomic E-state index is -0.378. The zero-order valence-electron chi connectivity index (χ0n) is 14.0. The Labute approximate surface area is 149 Å². The van der Waals surface area contributed by atoms with Gasteiger partial charge in [-0.2, -0.15) is 0 Å². The van der Waals surface area contributed by atoms with Crippen molar-refractivity contribution in [1.82, 2.24) is 0 Å². The van der Waals surface area contributed by atoms with Gasteiger partial charge in [-0.15, -0.1) is 0 Å². The van der Waals surface area contributed by atoms with Crippen molar-refractivity contribution >= 4 is 17.4 Å². The topological polar surface area (TPSA) is 37.4 Å². The number of carbonyl (C=O) groups is 2. The summed E-state index contributed by atoms with van der Waals surface area (Å²) in [5.41, 5.74) is 2.66. The minimum absolute atomic E-state index is 0.0280. The molecule has 0 N–H and O–H groups in total. The summed E-state index contributed by atoms with van der Waals surface area (Å²) in [5, 5.41) is 0. The number of halogens is 2. The summed E-state index contributed by atoms with van der Waals surface area (Å²) in [6, 6.07) is 11.7. The molecule has 2 aliphatic rings. The van der Waals surface area contributed by atoms with E-state index in [9.17, 15) is 18.4 Å². The molecule has 1 aliphatic carbocycles. The molecule has 1 unspecified atom stereocenters. The summed E-state index contributed by atoms with van der Waals surface area (Å²) in [4.78, 5) is 27.1. The SMILES string of the molecule is O=C1CCCC2=C1C(c1ccc(F)cc1)CC(=O)N2c1ccc(F)cc1. The summed E-state index contributed by atoms with van der Waals surface area (Å²) < 4.78 is 26.5. The van der Waals surface area contributed by atoms with Crippen molar-refractivity contribution in [2.75, 3.05) is 4.90 Å². The van der Waals surface area contributed by atoms with Crippen LogP contribution in [-0.4, -0.2) is 11.7 Å². The molecule has 0 radical (unpaired) electrons. The molecule has 2 aromatic carbocycles. The fourth-order valence-electron chi connectivity index (χ4n) is 3.86. The van der Waals surface area contributed by atoms with Gasteiger partial charge in [0.05, 0.1) is 0 Å². The Morgan fingerprint density at radius 1 is 0.846 bits per heavy atom. The first-order valence-electron chi connectivity index (χ1n) is 8.65. The molecule has 5 heteroatoms. The molecule has 1 amide bonds. The monoisotopic (exact) mass is 353 g/mol. The average Bonchev–Trinajstić information content (AvgIpc) is 2.63. The van der Waals surface area contributed by atoms with Gasteiger partial charge in [0.1, 0.15) is 11.6 Å². The predicted octanol–water partition coefficient (Wildman–Crippen LogP) is 4.49. The van der Waals surface area contributed by atoms with Gasteiger partial charge in [0.15, 0.2) is 5.78 Å². The Bertz CT molecular complexity index is 901. The van der Waals surface area contributed by atoms with Crippen LogP contribution in [-0.2, 0) is 9.59 Å². The average molecular weight is 353 g/mol. The molecule has 132 valence electrons. The maximum Gasteiger partial charge on any atom is 0.232 e. The molecule has 3 nitrogen and oxygen atoms in total. The molecule has 0 saturated carbocycles. The first-order valence-corrected chi connectivity index (χ1v) is 8.65. The summed E-state index contributed by atoms with van der Waals surface area (Å²) in [6.07, 6.45) is 1.87. The lowest BCUT2D eigenvalue weighted by molar-refractivity contribution is -0.119. The third-order valence-electron chi connectivity index (χ3n) is 5.03. The standard InChI is InChI=1S/C21H17F2NO2/c22-14-6-4-13(5-7-14)17-12-20(26)24(16-10-8-15(23)9-11-16)18-2-1-3-19(25)21(17)18/h4-11,17H,1-3,12H2. The zero-order chi connectivity index (χ0) is 18.3. The van der Waals surface area contributed by atoms with Crippen molar-refractivity contribution < 1.29 is 18.4 Å². The normalized spacial score (nSPS) is 20.4. The Morgan fingerprint density at radius 3 is 2.12 bits per heavy atom. The first kappa shape index (κ1) is 16.6. The minimum Gasteiger partial charge on any atom is -0.294 e. The third-order valence-corrected chi connectivity index (χ3v) is 5.03. The van der Waals surface area contributed by atoms with Crippen LogP contribution in [0.25, 0.3) is 0 Å². The maximum atomic E-state index is 13.3. The molecule has 0 bridgehead atoms. The number of benzene rings is 2. The van der Waals surface area contributed by atoms with Crippen LogP contribution in [0.2, 0.25) is 0 Å². The van der Waals surface area contributed by atoms with Gasteiger partial charge >= 0.3 is 0 Å².